The van der Waals surface area contributed by atoms with Gasteiger partial charge in [0, 0.05) is 18.7 Å². The number of halogens is 6. The average Bonchev–Trinajstić information content (AvgIpc) is 2.64. The molecular formula is C18H19Cl6NO4. The van der Waals surface area contributed by atoms with Gasteiger partial charge in [-0.15, -0.1) is 0 Å². The van der Waals surface area contributed by atoms with Gasteiger partial charge in [-0.2, -0.15) is 0 Å². The van der Waals surface area contributed by atoms with E-state index in [1.54, 1.807) is 12.1 Å². The molecule has 0 aromatic heterocycles. The fourth-order valence-corrected chi connectivity index (χ4v) is 2.63. The summed E-state index contributed by atoms with van der Waals surface area (Å²) in [4.78, 5) is 4.88. The molecule has 0 heterocycles. The van der Waals surface area contributed by atoms with Gasteiger partial charge < -0.3 is 19.0 Å². The largest absolute Gasteiger partial charge is 0.490 e. The number of benzene rings is 1. The zero-order chi connectivity index (χ0) is 21.5. The summed E-state index contributed by atoms with van der Waals surface area (Å²) in [5.74, 6) is 0.891. The van der Waals surface area contributed by atoms with Gasteiger partial charge in [0.2, 0.25) is 0 Å². The van der Waals surface area contributed by atoms with Crippen molar-refractivity contribution in [2.24, 2.45) is 5.16 Å². The minimum absolute atomic E-state index is 0.122. The predicted molar refractivity (Wildman–Crippen MR) is 122 cm³/mol. The summed E-state index contributed by atoms with van der Waals surface area (Å²) in [5, 5.41) is 4.38. The minimum atomic E-state index is 0.122. The fraction of sp³-hybridized carbons (Fsp3) is 0.389. The second kappa shape index (κ2) is 16.2. The van der Waals surface area contributed by atoms with Crippen LogP contribution in [0.15, 0.2) is 38.4 Å². The number of hydrogen-bond acceptors (Lipinski definition) is 5. The monoisotopic (exact) mass is 523 g/mol. The Morgan fingerprint density at radius 3 is 2.10 bits per heavy atom. The van der Waals surface area contributed by atoms with E-state index in [0.29, 0.717) is 41.4 Å². The van der Waals surface area contributed by atoms with E-state index >= 15 is 0 Å². The number of rotatable bonds is 14. The molecule has 0 saturated carbocycles. The number of oxime groups is 1. The topological polar surface area (TPSA) is 49.3 Å². The van der Waals surface area contributed by atoms with Crippen LogP contribution in [-0.2, 0) is 9.57 Å². The first-order valence-electron chi connectivity index (χ1n) is 8.38. The van der Waals surface area contributed by atoms with Gasteiger partial charge in [-0.25, -0.2) is 0 Å². The lowest BCUT2D eigenvalue weighted by Gasteiger charge is -2.12. The molecule has 0 bridgehead atoms. The van der Waals surface area contributed by atoms with Crippen LogP contribution in [0.1, 0.15) is 12.8 Å². The van der Waals surface area contributed by atoms with Gasteiger partial charge in [0.25, 0.3) is 0 Å². The van der Waals surface area contributed by atoms with Crippen LogP contribution in [0.4, 0.5) is 0 Å². The Balaban J connectivity index is 2.20. The van der Waals surface area contributed by atoms with Gasteiger partial charge in [0.05, 0.1) is 29.5 Å². The highest BCUT2D eigenvalue weighted by atomic mass is 35.5. The van der Waals surface area contributed by atoms with Crippen molar-refractivity contribution in [1.82, 2.24) is 0 Å². The summed E-state index contributed by atoms with van der Waals surface area (Å²) >= 11 is 34.3. The molecule has 0 radical (unpaired) electrons. The normalized spacial score (nSPS) is 10.7. The highest BCUT2D eigenvalue weighted by Gasteiger charge is 2.10. The SMILES string of the molecule is ClC(Cl)=CCO/N=C/COCCCCOc1c(Cl)cc(OCC=C(Cl)Cl)cc1Cl. The van der Waals surface area contributed by atoms with Crippen molar-refractivity contribution in [3.05, 3.63) is 43.3 Å². The molecule has 0 saturated heterocycles. The van der Waals surface area contributed by atoms with E-state index < -0.39 is 0 Å². The number of hydrogen-bond donors (Lipinski definition) is 0. The second-order valence-corrected chi connectivity index (χ2v) is 8.06. The zero-order valence-corrected chi connectivity index (χ0v) is 19.7. The molecule has 0 N–H and O–H groups in total. The standard InChI is InChI=1S/C18H19Cl6NO4/c19-14-11-13(27-8-3-16(21)22)12-15(20)18(14)28-7-2-1-6-26-10-5-25-29-9-4-17(23)24/h3-5,11-12H,1-2,6-10H2/b25-5+. The van der Waals surface area contributed by atoms with Crippen LogP contribution >= 0.6 is 69.6 Å². The molecule has 11 heteroatoms. The molecule has 0 unspecified atom stereocenters. The van der Waals surface area contributed by atoms with E-state index in [4.69, 9.17) is 88.7 Å². The average molecular weight is 526 g/mol. The van der Waals surface area contributed by atoms with Gasteiger partial charge in [0.1, 0.15) is 27.9 Å². The number of unbranched alkanes of at least 4 members (excludes halogenated alkanes) is 1. The molecule has 29 heavy (non-hydrogen) atoms. The maximum Gasteiger partial charge on any atom is 0.156 e. The van der Waals surface area contributed by atoms with Gasteiger partial charge >= 0.3 is 0 Å². The van der Waals surface area contributed by atoms with Crippen LogP contribution < -0.4 is 9.47 Å². The highest BCUT2D eigenvalue weighted by Crippen LogP contribution is 2.37. The lowest BCUT2D eigenvalue weighted by Crippen LogP contribution is -2.03. The molecule has 0 fully saturated rings. The van der Waals surface area contributed by atoms with E-state index in [9.17, 15) is 0 Å². The third kappa shape index (κ3) is 13.4. The van der Waals surface area contributed by atoms with Gasteiger partial charge in [-0.3, -0.25) is 0 Å². The van der Waals surface area contributed by atoms with Crippen molar-refractivity contribution in [2.75, 3.05) is 33.0 Å². The summed E-state index contributed by atoms with van der Waals surface area (Å²) in [6.45, 7) is 1.73. The van der Waals surface area contributed by atoms with Crippen LogP contribution in [0.5, 0.6) is 11.5 Å². The van der Waals surface area contributed by atoms with Crippen molar-refractivity contribution in [2.45, 2.75) is 12.8 Å². The molecular weight excluding hydrogens is 507 g/mol. The Hall–Kier alpha value is -0.530. The van der Waals surface area contributed by atoms with E-state index in [1.165, 1.54) is 18.4 Å². The molecule has 0 aliphatic carbocycles. The van der Waals surface area contributed by atoms with Gasteiger partial charge in [0.15, 0.2) is 5.75 Å². The van der Waals surface area contributed by atoms with Gasteiger partial charge in [-0.1, -0.05) is 74.8 Å². The van der Waals surface area contributed by atoms with E-state index in [1.807, 2.05) is 0 Å². The Bertz CT molecular complexity index is 681. The molecule has 0 aliphatic rings. The van der Waals surface area contributed by atoms with E-state index in [0.717, 1.165) is 12.8 Å². The van der Waals surface area contributed by atoms with Crippen LogP contribution in [0.2, 0.25) is 10.0 Å². The van der Waals surface area contributed by atoms with E-state index in [-0.39, 0.29) is 22.2 Å². The van der Waals surface area contributed by atoms with Crippen LogP contribution in [0.3, 0.4) is 0 Å². The third-order valence-electron chi connectivity index (χ3n) is 3.04. The van der Waals surface area contributed by atoms with Crippen molar-refractivity contribution >= 4 is 75.8 Å². The molecule has 0 atom stereocenters. The third-order valence-corrected chi connectivity index (χ3v) is 4.22. The summed E-state index contributed by atoms with van der Waals surface area (Å²) in [5.41, 5.74) is 0. The first-order valence-corrected chi connectivity index (χ1v) is 10.7. The van der Waals surface area contributed by atoms with Crippen molar-refractivity contribution < 1.29 is 19.0 Å². The Labute approximate surface area is 200 Å². The molecule has 5 nitrogen and oxygen atoms in total. The zero-order valence-electron chi connectivity index (χ0n) is 15.2. The smallest absolute Gasteiger partial charge is 0.156 e. The lowest BCUT2D eigenvalue weighted by atomic mass is 10.3. The molecule has 1 aromatic carbocycles. The van der Waals surface area contributed by atoms with Gasteiger partial charge in [-0.05, 0) is 25.0 Å². The van der Waals surface area contributed by atoms with Crippen LogP contribution in [0, 0.1) is 0 Å². The summed E-state index contributed by atoms with van der Waals surface area (Å²) in [7, 11) is 0. The summed E-state index contributed by atoms with van der Waals surface area (Å²) in [6, 6.07) is 3.22. The Morgan fingerprint density at radius 2 is 1.45 bits per heavy atom. The van der Waals surface area contributed by atoms with Crippen LogP contribution in [0.25, 0.3) is 0 Å². The number of nitrogens with zero attached hydrogens (tertiary/aromatic N) is 1. The quantitative estimate of drug-likeness (QED) is 0.146. The van der Waals surface area contributed by atoms with Crippen molar-refractivity contribution in [3.63, 3.8) is 0 Å². The maximum absolute atomic E-state index is 6.20. The van der Waals surface area contributed by atoms with Crippen molar-refractivity contribution in [3.8, 4) is 11.5 Å². The highest BCUT2D eigenvalue weighted by molar-refractivity contribution is 6.56. The van der Waals surface area contributed by atoms with Crippen LogP contribution in [-0.4, -0.2) is 39.2 Å². The molecule has 1 aromatic rings. The summed E-state index contributed by atoms with van der Waals surface area (Å²) < 4.78 is 16.7. The summed E-state index contributed by atoms with van der Waals surface area (Å²) in [6.07, 6.45) is 6.05. The molecule has 0 spiro atoms. The van der Waals surface area contributed by atoms with Crippen molar-refractivity contribution in [1.29, 1.82) is 0 Å². The Kier molecular flexibility index (Phi) is 14.8. The maximum atomic E-state index is 6.20. The Morgan fingerprint density at radius 1 is 0.828 bits per heavy atom. The molecule has 162 valence electrons. The fourth-order valence-electron chi connectivity index (χ4n) is 1.80. The lowest BCUT2D eigenvalue weighted by molar-refractivity contribution is 0.150. The molecule has 0 aliphatic heterocycles. The molecule has 0 amide bonds. The predicted octanol–water partition coefficient (Wildman–Crippen LogP) is 7.19. The molecule has 1 rings (SSSR count). The number of ether oxygens (including phenoxy) is 3. The first kappa shape index (κ1) is 26.5. The first-order chi connectivity index (χ1) is 13.9. The second-order valence-electron chi connectivity index (χ2n) is 5.23. The van der Waals surface area contributed by atoms with E-state index in [2.05, 4.69) is 5.16 Å². The minimum Gasteiger partial charge on any atom is -0.490 e.